The second-order valence-corrected chi connectivity index (χ2v) is 14.2. The van der Waals surface area contributed by atoms with Gasteiger partial charge in [-0.1, -0.05) is 179 Å². The van der Waals surface area contributed by atoms with E-state index in [4.69, 9.17) is 0 Å². The third kappa shape index (κ3) is 33.1. The molecule has 3 unspecified atom stereocenters. The molecule has 48 heavy (non-hydrogen) atoms. The number of allylic oxidation sites excluding steroid dienone is 6. The van der Waals surface area contributed by atoms with E-state index in [0.717, 1.165) is 32.1 Å². The standard InChI is InChI=1S/C43H81NO4/c1-3-5-7-9-11-13-15-17-18-19-20-21-22-23-24-26-27-29-31-33-35-37-41(46)43(48)40(39-45)44-42(47)38-36-34-32-30-28-25-16-14-12-10-8-6-4-2/h25,28-29,31-32,34,40-41,43,45-46,48H,3-24,26-27,30,33,35-39H2,1-2H3,(H,44,47)/b28-25-,31-29+,34-32-. The maximum atomic E-state index is 12.3. The highest BCUT2D eigenvalue weighted by atomic mass is 16.3. The Labute approximate surface area is 298 Å². The number of aliphatic hydroxyl groups is 3. The number of hydrogen-bond donors (Lipinski definition) is 4. The van der Waals surface area contributed by atoms with Crippen LogP contribution in [0.15, 0.2) is 36.5 Å². The molecular formula is C43H81NO4. The summed E-state index contributed by atoms with van der Waals surface area (Å²) in [6.45, 7) is 4.13. The van der Waals surface area contributed by atoms with Crippen molar-refractivity contribution in [1.29, 1.82) is 0 Å². The van der Waals surface area contributed by atoms with Crippen LogP contribution in [0.2, 0.25) is 0 Å². The predicted octanol–water partition coefficient (Wildman–Crippen LogP) is 11.6. The van der Waals surface area contributed by atoms with Crippen LogP contribution in [0.3, 0.4) is 0 Å². The smallest absolute Gasteiger partial charge is 0.220 e. The van der Waals surface area contributed by atoms with Gasteiger partial charge in [0, 0.05) is 6.42 Å². The van der Waals surface area contributed by atoms with Gasteiger partial charge in [-0.3, -0.25) is 4.79 Å². The van der Waals surface area contributed by atoms with Crippen molar-refractivity contribution in [3.63, 3.8) is 0 Å². The minimum absolute atomic E-state index is 0.222. The number of nitrogens with one attached hydrogen (secondary N) is 1. The minimum Gasteiger partial charge on any atom is -0.394 e. The van der Waals surface area contributed by atoms with Gasteiger partial charge in [0.15, 0.2) is 0 Å². The van der Waals surface area contributed by atoms with Crippen LogP contribution in [0.5, 0.6) is 0 Å². The number of aliphatic hydroxyl groups excluding tert-OH is 3. The highest BCUT2D eigenvalue weighted by molar-refractivity contribution is 5.76. The lowest BCUT2D eigenvalue weighted by molar-refractivity contribution is -0.124. The second kappa shape index (κ2) is 38.4. The molecule has 5 nitrogen and oxygen atoms in total. The third-order valence-electron chi connectivity index (χ3n) is 9.48. The van der Waals surface area contributed by atoms with Crippen LogP contribution in [-0.2, 0) is 4.79 Å². The molecule has 0 spiro atoms. The first-order valence-corrected chi connectivity index (χ1v) is 20.8. The van der Waals surface area contributed by atoms with Gasteiger partial charge < -0.3 is 20.6 Å². The fraction of sp³-hybridized carbons (Fsp3) is 0.837. The van der Waals surface area contributed by atoms with Crippen molar-refractivity contribution in [2.75, 3.05) is 6.61 Å². The average molecular weight is 676 g/mol. The molecule has 0 saturated heterocycles. The van der Waals surface area contributed by atoms with E-state index >= 15 is 0 Å². The molecule has 0 aromatic heterocycles. The molecule has 282 valence electrons. The molecule has 0 aromatic rings. The van der Waals surface area contributed by atoms with Crippen molar-refractivity contribution in [3.8, 4) is 0 Å². The van der Waals surface area contributed by atoms with Crippen LogP contribution in [0.4, 0.5) is 0 Å². The molecule has 0 rings (SSSR count). The largest absolute Gasteiger partial charge is 0.394 e. The summed E-state index contributed by atoms with van der Waals surface area (Å²) in [5.74, 6) is -0.222. The van der Waals surface area contributed by atoms with Gasteiger partial charge in [-0.2, -0.15) is 0 Å². The van der Waals surface area contributed by atoms with Crippen molar-refractivity contribution in [3.05, 3.63) is 36.5 Å². The van der Waals surface area contributed by atoms with Crippen LogP contribution in [0.1, 0.15) is 206 Å². The summed E-state index contributed by atoms with van der Waals surface area (Å²) in [7, 11) is 0. The van der Waals surface area contributed by atoms with E-state index in [-0.39, 0.29) is 5.91 Å². The lowest BCUT2D eigenvalue weighted by atomic mass is 10.0. The van der Waals surface area contributed by atoms with Crippen LogP contribution in [0.25, 0.3) is 0 Å². The van der Waals surface area contributed by atoms with Crippen molar-refractivity contribution in [2.24, 2.45) is 0 Å². The molecule has 0 aromatic carbocycles. The van der Waals surface area contributed by atoms with E-state index in [9.17, 15) is 20.1 Å². The highest BCUT2D eigenvalue weighted by Crippen LogP contribution is 2.15. The fourth-order valence-electron chi connectivity index (χ4n) is 6.21. The van der Waals surface area contributed by atoms with Gasteiger partial charge in [0.1, 0.15) is 6.10 Å². The topological polar surface area (TPSA) is 89.8 Å². The Kier molecular flexibility index (Phi) is 37.2. The number of amides is 1. The van der Waals surface area contributed by atoms with Crippen LogP contribution >= 0.6 is 0 Å². The number of unbranched alkanes of at least 4 members (excludes halogenated alkanes) is 23. The molecule has 1 amide bonds. The Morgan fingerprint density at radius 2 is 0.896 bits per heavy atom. The molecule has 3 atom stereocenters. The van der Waals surface area contributed by atoms with E-state index in [1.54, 1.807) is 0 Å². The van der Waals surface area contributed by atoms with E-state index in [1.807, 2.05) is 6.08 Å². The van der Waals surface area contributed by atoms with Crippen LogP contribution in [0, 0.1) is 0 Å². The maximum Gasteiger partial charge on any atom is 0.220 e. The summed E-state index contributed by atoms with van der Waals surface area (Å²) in [4.78, 5) is 12.3. The van der Waals surface area contributed by atoms with E-state index in [2.05, 4.69) is 49.5 Å². The van der Waals surface area contributed by atoms with Crippen molar-refractivity contribution in [1.82, 2.24) is 5.32 Å². The Hall–Kier alpha value is -1.43. The van der Waals surface area contributed by atoms with Gasteiger partial charge in [-0.15, -0.1) is 0 Å². The van der Waals surface area contributed by atoms with E-state index < -0.39 is 24.9 Å². The van der Waals surface area contributed by atoms with Crippen molar-refractivity contribution < 1.29 is 20.1 Å². The first-order chi connectivity index (χ1) is 23.6. The number of rotatable bonds is 37. The Bertz CT molecular complexity index is 749. The summed E-state index contributed by atoms with van der Waals surface area (Å²) in [6, 6.07) is -0.855. The number of hydrogen-bond acceptors (Lipinski definition) is 4. The van der Waals surface area contributed by atoms with Gasteiger partial charge >= 0.3 is 0 Å². The van der Waals surface area contributed by atoms with Gasteiger partial charge in [0.05, 0.1) is 18.8 Å². The molecule has 5 heteroatoms. The Morgan fingerprint density at radius 1 is 0.521 bits per heavy atom. The molecule has 0 fully saturated rings. The summed E-state index contributed by atoms with van der Waals surface area (Å²) in [5, 5.41) is 33.3. The average Bonchev–Trinajstić information content (AvgIpc) is 3.09. The zero-order valence-corrected chi connectivity index (χ0v) is 31.9. The molecule has 0 aliphatic carbocycles. The quantitative estimate of drug-likeness (QED) is 0.0390. The van der Waals surface area contributed by atoms with Gasteiger partial charge in [0.25, 0.3) is 0 Å². The Morgan fingerprint density at radius 3 is 1.33 bits per heavy atom. The lowest BCUT2D eigenvalue weighted by Gasteiger charge is -2.26. The fourth-order valence-corrected chi connectivity index (χ4v) is 6.21. The second-order valence-electron chi connectivity index (χ2n) is 14.2. The van der Waals surface area contributed by atoms with Crippen molar-refractivity contribution >= 4 is 5.91 Å². The first kappa shape index (κ1) is 46.6. The SMILES string of the molecule is CCCCCCCC/C=C\C/C=C\CCC(=O)NC(CO)C(O)C(O)CCC/C=C/CCCCCCCCCCCCCCCCCC. The molecule has 0 heterocycles. The monoisotopic (exact) mass is 676 g/mol. The zero-order chi connectivity index (χ0) is 35.2. The van der Waals surface area contributed by atoms with Gasteiger partial charge in [0.2, 0.25) is 5.91 Å². The summed E-state index contributed by atoms with van der Waals surface area (Å²) >= 11 is 0. The van der Waals surface area contributed by atoms with Crippen molar-refractivity contribution in [2.45, 2.75) is 225 Å². The molecular weight excluding hydrogens is 594 g/mol. The molecule has 0 aliphatic rings. The van der Waals surface area contributed by atoms with Crippen LogP contribution < -0.4 is 5.32 Å². The zero-order valence-electron chi connectivity index (χ0n) is 31.9. The molecule has 0 aliphatic heterocycles. The van der Waals surface area contributed by atoms with Gasteiger partial charge in [-0.05, 0) is 57.8 Å². The highest BCUT2D eigenvalue weighted by Gasteiger charge is 2.26. The number of carbonyl (C=O) groups excluding carboxylic acids is 1. The third-order valence-corrected chi connectivity index (χ3v) is 9.48. The molecule has 0 bridgehead atoms. The summed E-state index contributed by atoms with van der Waals surface area (Å²) in [6.07, 6.45) is 46.9. The van der Waals surface area contributed by atoms with E-state index in [0.29, 0.717) is 19.3 Å². The molecule has 4 N–H and O–H groups in total. The molecule has 0 radical (unpaired) electrons. The van der Waals surface area contributed by atoms with E-state index in [1.165, 1.54) is 141 Å². The summed E-state index contributed by atoms with van der Waals surface area (Å²) < 4.78 is 0. The normalized spacial score (nSPS) is 14.0. The number of carbonyl (C=O) groups is 1. The first-order valence-electron chi connectivity index (χ1n) is 20.8. The van der Waals surface area contributed by atoms with Crippen LogP contribution in [-0.4, -0.2) is 46.1 Å². The minimum atomic E-state index is -1.18. The molecule has 0 saturated carbocycles. The maximum absolute atomic E-state index is 12.3. The lowest BCUT2D eigenvalue weighted by Crippen LogP contribution is -2.50. The Balaban J connectivity index is 3.72. The summed E-state index contributed by atoms with van der Waals surface area (Å²) in [5.41, 5.74) is 0. The predicted molar refractivity (Wildman–Crippen MR) is 208 cm³/mol. The van der Waals surface area contributed by atoms with Gasteiger partial charge in [-0.25, -0.2) is 0 Å².